The largest absolute Gasteiger partial charge is 0.444 e. The molecule has 0 saturated heterocycles. The van der Waals surface area contributed by atoms with Crippen LogP contribution in [0.25, 0.3) is 0 Å². The van der Waals surface area contributed by atoms with Crippen molar-refractivity contribution < 1.29 is 19.3 Å². The van der Waals surface area contributed by atoms with Crippen molar-refractivity contribution in [3.8, 4) is 5.75 Å². The summed E-state index contributed by atoms with van der Waals surface area (Å²) in [6.07, 6.45) is 1.83. The van der Waals surface area contributed by atoms with Gasteiger partial charge in [-0.2, -0.15) is 0 Å². The van der Waals surface area contributed by atoms with Crippen molar-refractivity contribution >= 4 is 23.0 Å². The molecule has 1 atom stereocenters. The highest BCUT2D eigenvalue weighted by Gasteiger charge is 2.49. The molecule has 0 saturated carbocycles. The topological polar surface area (TPSA) is 69.4 Å². The van der Waals surface area contributed by atoms with Gasteiger partial charge in [0.15, 0.2) is 23.1 Å². The van der Waals surface area contributed by atoms with Gasteiger partial charge in [0, 0.05) is 41.1 Å². The molecular weight excluding hydrogens is 412 g/mol. The van der Waals surface area contributed by atoms with E-state index in [2.05, 4.69) is 10.3 Å². The molecule has 0 bridgehead atoms. The Kier molecular flexibility index (Phi) is 4.37. The molecule has 160 valence electrons. The summed E-state index contributed by atoms with van der Waals surface area (Å²) >= 11 is 0. The highest BCUT2D eigenvalue weighted by molar-refractivity contribution is 6.32. The van der Waals surface area contributed by atoms with Crippen molar-refractivity contribution in [1.29, 1.82) is 0 Å². The Hall–Kier alpha value is -4.25. The normalized spacial score (nSPS) is 18.3. The third-order valence-electron chi connectivity index (χ3n) is 6.30. The van der Waals surface area contributed by atoms with Crippen LogP contribution < -0.4 is 15.0 Å². The molecular formula is C28H21N2O3+. The summed E-state index contributed by atoms with van der Waals surface area (Å²) in [6.45, 7) is 2.53. The molecule has 0 amide bonds. The molecule has 3 aromatic rings. The lowest BCUT2D eigenvalue weighted by Crippen LogP contribution is -2.72. The van der Waals surface area contributed by atoms with Crippen molar-refractivity contribution in [1.82, 2.24) is 5.32 Å². The summed E-state index contributed by atoms with van der Waals surface area (Å²) in [6, 6.07) is 22.9. The monoisotopic (exact) mass is 433 g/mol. The zero-order valence-corrected chi connectivity index (χ0v) is 18.0. The SMILES string of the molecule is Cc1ccc2c(c1)OC1=CC(NCc3ccccc3)=C3C(=O)c4ccccc4C(=O)C3C1=[NH+]2. The van der Waals surface area contributed by atoms with Crippen LogP contribution in [0.5, 0.6) is 5.75 Å². The summed E-state index contributed by atoms with van der Waals surface area (Å²) in [5.41, 5.74) is 5.52. The van der Waals surface area contributed by atoms with Crippen LogP contribution in [0, 0.1) is 12.8 Å². The number of nitrogens with one attached hydrogen (secondary N) is 2. The van der Waals surface area contributed by atoms with Crippen LogP contribution in [-0.2, 0) is 6.54 Å². The molecule has 2 aliphatic carbocycles. The number of benzene rings is 3. The Morgan fingerprint density at radius 2 is 1.70 bits per heavy atom. The molecule has 5 nitrogen and oxygen atoms in total. The first kappa shape index (κ1) is 19.4. The number of ether oxygens (including phenoxy) is 1. The van der Waals surface area contributed by atoms with Gasteiger partial charge in [-0.05, 0) is 24.1 Å². The van der Waals surface area contributed by atoms with Gasteiger partial charge in [-0.3, -0.25) is 9.59 Å². The Bertz CT molecular complexity index is 1430. The lowest BCUT2D eigenvalue weighted by Gasteiger charge is -2.31. The zero-order valence-electron chi connectivity index (χ0n) is 18.0. The van der Waals surface area contributed by atoms with Crippen LogP contribution in [0.15, 0.2) is 95.9 Å². The van der Waals surface area contributed by atoms with E-state index in [9.17, 15) is 9.59 Å². The van der Waals surface area contributed by atoms with Gasteiger partial charge in [0.25, 0.3) is 0 Å². The molecule has 2 N–H and O–H groups in total. The Labute approximate surface area is 191 Å². The quantitative estimate of drug-likeness (QED) is 0.666. The van der Waals surface area contributed by atoms with Crippen molar-refractivity contribution in [2.45, 2.75) is 13.5 Å². The first-order chi connectivity index (χ1) is 16.1. The number of fused-ring (bicyclic) bond motifs is 5. The van der Waals surface area contributed by atoms with E-state index in [1.165, 1.54) is 0 Å². The molecule has 3 aliphatic rings. The van der Waals surface area contributed by atoms with E-state index in [1.807, 2.05) is 61.5 Å². The van der Waals surface area contributed by atoms with E-state index >= 15 is 0 Å². The van der Waals surface area contributed by atoms with Gasteiger partial charge in [0.1, 0.15) is 5.92 Å². The van der Waals surface area contributed by atoms with Gasteiger partial charge >= 0.3 is 0 Å². The number of aryl methyl sites for hydroxylation is 1. The molecule has 5 heteroatoms. The molecule has 1 heterocycles. The van der Waals surface area contributed by atoms with Crippen LogP contribution >= 0.6 is 0 Å². The van der Waals surface area contributed by atoms with Crippen LogP contribution in [0.2, 0.25) is 0 Å². The maximum Gasteiger partial charge on any atom is 0.246 e. The van der Waals surface area contributed by atoms with Crippen molar-refractivity contribution in [2.24, 2.45) is 5.92 Å². The van der Waals surface area contributed by atoms with Gasteiger partial charge in [-0.1, -0.05) is 60.7 Å². The van der Waals surface area contributed by atoms with Gasteiger partial charge in [0.05, 0.1) is 0 Å². The molecule has 1 unspecified atom stereocenters. The van der Waals surface area contributed by atoms with Gasteiger partial charge in [-0.25, -0.2) is 4.99 Å². The molecule has 6 rings (SSSR count). The fourth-order valence-electron chi connectivity index (χ4n) is 4.68. The Morgan fingerprint density at radius 1 is 0.939 bits per heavy atom. The maximum absolute atomic E-state index is 13.7. The lowest BCUT2D eigenvalue weighted by atomic mass is 9.72. The highest BCUT2D eigenvalue weighted by Crippen LogP contribution is 2.38. The minimum Gasteiger partial charge on any atom is -0.444 e. The summed E-state index contributed by atoms with van der Waals surface area (Å²) in [7, 11) is 0. The van der Waals surface area contributed by atoms with Gasteiger partial charge < -0.3 is 10.1 Å². The molecule has 0 spiro atoms. The number of Topliss-reactive ketones (excluding diaryl/α,β-unsaturated/α-hetero) is 2. The van der Waals surface area contributed by atoms with Gasteiger partial charge in [0.2, 0.25) is 11.4 Å². The zero-order chi connectivity index (χ0) is 22.5. The average Bonchev–Trinajstić information content (AvgIpc) is 2.84. The number of ketones is 2. The second kappa shape index (κ2) is 7.41. The number of allylic oxidation sites excluding steroid dienone is 3. The molecule has 0 radical (unpaired) electrons. The maximum atomic E-state index is 13.7. The average molecular weight is 433 g/mol. The minimum absolute atomic E-state index is 0.105. The van der Waals surface area contributed by atoms with E-state index < -0.39 is 5.92 Å². The molecule has 1 aliphatic heterocycles. The number of hydrogen-bond acceptors (Lipinski definition) is 4. The first-order valence-electron chi connectivity index (χ1n) is 10.9. The van der Waals surface area contributed by atoms with Gasteiger partial charge in [-0.15, -0.1) is 0 Å². The predicted octanol–water partition coefficient (Wildman–Crippen LogP) is 3.18. The number of carbonyl (C=O) groups is 2. The standard InChI is InChI=1S/C28H20N2O3/c1-16-11-12-20-22(13-16)33-23-14-21(29-15-17-7-3-2-4-8-17)24-25(26(23)30-20)28(32)19-10-6-5-9-18(19)27(24)31/h2-14,25,29H,15H2,1H3/p+1. The summed E-state index contributed by atoms with van der Waals surface area (Å²) in [5.74, 6) is 0.264. The smallest absolute Gasteiger partial charge is 0.246 e. The van der Waals surface area contributed by atoms with E-state index in [1.54, 1.807) is 24.3 Å². The van der Waals surface area contributed by atoms with E-state index in [4.69, 9.17) is 4.74 Å². The van der Waals surface area contributed by atoms with Crippen LogP contribution in [-0.4, -0.2) is 17.3 Å². The highest BCUT2D eigenvalue weighted by atomic mass is 16.5. The van der Waals surface area contributed by atoms with E-state index in [-0.39, 0.29) is 11.6 Å². The molecule has 0 aromatic heterocycles. The van der Waals surface area contributed by atoms with Crippen LogP contribution in [0.3, 0.4) is 0 Å². The summed E-state index contributed by atoms with van der Waals surface area (Å²) in [4.78, 5) is 30.7. The van der Waals surface area contributed by atoms with Crippen molar-refractivity contribution in [3.05, 3.63) is 118 Å². The Morgan fingerprint density at radius 3 is 2.52 bits per heavy atom. The number of rotatable bonds is 3. The van der Waals surface area contributed by atoms with E-state index in [0.717, 1.165) is 16.8 Å². The second-order valence-corrected chi connectivity index (χ2v) is 8.49. The number of carbonyl (C=O) groups excluding carboxylic acids is 2. The Balaban J connectivity index is 1.52. The van der Waals surface area contributed by atoms with Crippen LogP contribution in [0.4, 0.5) is 5.69 Å². The predicted molar refractivity (Wildman–Crippen MR) is 124 cm³/mol. The van der Waals surface area contributed by atoms with Crippen molar-refractivity contribution in [2.75, 3.05) is 0 Å². The second-order valence-electron chi connectivity index (χ2n) is 8.49. The number of hydrogen-bond donors (Lipinski definition) is 2. The fraction of sp³-hybridized carbons (Fsp3) is 0.107. The van der Waals surface area contributed by atoms with E-state index in [0.29, 0.717) is 46.2 Å². The third-order valence-corrected chi connectivity index (χ3v) is 6.30. The van der Waals surface area contributed by atoms with Crippen molar-refractivity contribution in [3.63, 3.8) is 0 Å². The first-order valence-corrected chi connectivity index (χ1v) is 10.9. The molecule has 33 heavy (non-hydrogen) atoms. The lowest BCUT2D eigenvalue weighted by molar-refractivity contribution is -0.361. The molecule has 3 aromatic carbocycles. The minimum atomic E-state index is -0.750. The summed E-state index contributed by atoms with van der Waals surface area (Å²) < 4.78 is 6.24. The van der Waals surface area contributed by atoms with Crippen LogP contribution in [0.1, 0.15) is 31.8 Å². The fourth-order valence-corrected chi connectivity index (χ4v) is 4.68. The molecule has 0 fully saturated rings. The summed E-state index contributed by atoms with van der Waals surface area (Å²) in [5, 5.41) is 3.40. The third kappa shape index (κ3) is 3.12.